The van der Waals surface area contributed by atoms with Crippen LogP contribution in [0, 0.1) is 5.82 Å². The Balaban J connectivity index is 1.66. The molecule has 1 N–H and O–H groups in total. The Morgan fingerprint density at radius 1 is 1.06 bits per heavy atom. The minimum atomic E-state index is -0.744. The van der Waals surface area contributed by atoms with Crippen LogP contribution in [0.3, 0.4) is 0 Å². The van der Waals surface area contributed by atoms with E-state index in [4.69, 9.17) is 9.47 Å². The maximum Gasteiger partial charge on any atom is 0.336 e. The molecule has 0 fully saturated rings. The molecule has 0 radical (unpaired) electrons. The second-order valence-electron chi connectivity index (χ2n) is 8.31. The molecule has 0 amide bonds. The summed E-state index contributed by atoms with van der Waals surface area (Å²) in [5.74, 6) is -1.39. The molecule has 0 unspecified atom stereocenters. The van der Waals surface area contributed by atoms with Gasteiger partial charge < -0.3 is 14.8 Å². The molecule has 1 atom stereocenters. The van der Waals surface area contributed by atoms with Gasteiger partial charge in [0.2, 0.25) is 0 Å². The number of ketones is 1. The topological polar surface area (TPSA) is 64.6 Å². The lowest BCUT2D eigenvalue weighted by atomic mass is 9.79. The zero-order valence-corrected chi connectivity index (χ0v) is 20.6. The fourth-order valence-electron chi connectivity index (χ4n) is 4.67. The number of ether oxygens (including phenoxy) is 2. The number of esters is 1. The SMILES string of the molecule is COC(=O)C1=C(C)NC2=C(C(=O)c3ccccc32)[C@@H]1c1cc(Br)ccc1OCc1ccccc1F. The lowest BCUT2D eigenvalue weighted by Gasteiger charge is -2.30. The molecule has 3 aromatic carbocycles. The van der Waals surface area contributed by atoms with Gasteiger partial charge in [0.1, 0.15) is 18.2 Å². The third-order valence-corrected chi connectivity index (χ3v) is 6.77. The molecule has 5 nitrogen and oxygen atoms in total. The lowest BCUT2D eigenvalue weighted by molar-refractivity contribution is -0.136. The molecule has 0 aromatic heterocycles. The molecule has 3 aromatic rings. The fourth-order valence-corrected chi connectivity index (χ4v) is 5.05. The van der Waals surface area contributed by atoms with Gasteiger partial charge in [0, 0.05) is 38.0 Å². The second kappa shape index (κ2) is 9.15. The number of Topliss-reactive ketones (excluding diaryl/α,β-unsaturated/α-hetero) is 1. The van der Waals surface area contributed by atoms with Crippen LogP contribution < -0.4 is 10.1 Å². The van der Waals surface area contributed by atoms with Gasteiger partial charge in [0.05, 0.1) is 24.3 Å². The number of carbonyl (C=O) groups is 2. The summed E-state index contributed by atoms with van der Waals surface area (Å²) in [5, 5.41) is 3.26. The summed E-state index contributed by atoms with van der Waals surface area (Å²) in [4.78, 5) is 26.6. The molecule has 35 heavy (non-hydrogen) atoms. The molecule has 0 spiro atoms. The van der Waals surface area contributed by atoms with E-state index in [-0.39, 0.29) is 18.2 Å². The van der Waals surface area contributed by atoms with Gasteiger partial charge in [-0.15, -0.1) is 0 Å². The van der Waals surface area contributed by atoms with Crippen molar-refractivity contribution in [2.24, 2.45) is 0 Å². The van der Waals surface area contributed by atoms with Crippen molar-refractivity contribution in [1.29, 1.82) is 0 Å². The Morgan fingerprint density at radius 2 is 1.77 bits per heavy atom. The Labute approximate surface area is 210 Å². The highest BCUT2D eigenvalue weighted by Gasteiger charge is 2.43. The number of hydrogen-bond acceptors (Lipinski definition) is 5. The van der Waals surface area contributed by atoms with Crippen LogP contribution in [0.15, 0.2) is 88.0 Å². The van der Waals surface area contributed by atoms with E-state index < -0.39 is 11.9 Å². The molecule has 0 bridgehead atoms. The van der Waals surface area contributed by atoms with E-state index in [0.29, 0.717) is 45.0 Å². The number of hydrogen-bond donors (Lipinski definition) is 1. The van der Waals surface area contributed by atoms with E-state index >= 15 is 0 Å². The van der Waals surface area contributed by atoms with E-state index in [1.54, 1.807) is 43.3 Å². The minimum absolute atomic E-state index is 0.0113. The van der Waals surface area contributed by atoms with Crippen LogP contribution in [0.5, 0.6) is 5.75 Å². The van der Waals surface area contributed by atoms with Crippen molar-refractivity contribution < 1.29 is 23.5 Å². The maximum absolute atomic E-state index is 14.2. The van der Waals surface area contributed by atoms with E-state index in [0.717, 1.165) is 10.0 Å². The first-order valence-corrected chi connectivity index (χ1v) is 11.8. The Bertz CT molecular complexity index is 1440. The van der Waals surface area contributed by atoms with Crippen molar-refractivity contribution in [2.45, 2.75) is 19.4 Å². The number of benzene rings is 3. The molecule has 1 heterocycles. The van der Waals surface area contributed by atoms with Gasteiger partial charge in [-0.3, -0.25) is 4.79 Å². The highest BCUT2D eigenvalue weighted by molar-refractivity contribution is 9.10. The number of dihydropyridines is 1. The second-order valence-corrected chi connectivity index (χ2v) is 9.23. The maximum atomic E-state index is 14.2. The van der Waals surface area contributed by atoms with Crippen LogP contribution in [-0.2, 0) is 16.1 Å². The van der Waals surface area contributed by atoms with Gasteiger partial charge >= 0.3 is 5.97 Å². The number of carbonyl (C=O) groups excluding carboxylic acids is 2. The molecule has 176 valence electrons. The third kappa shape index (κ3) is 3.96. The summed E-state index contributed by atoms with van der Waals surface area (Å²) in [6.45, 7) is 1.77. The molecule has 0 saturated heterocycles. The molecule has 7 heteroatoms. The summed E-state index contributed by atoms with van der Waals surface area (Å²) >= 11 is 3.51. The summed E-state index contributed by atoms with van der Waals surface area (Å²) in [7, 11) is 1.31. The number of halogens is 2. The quantitative estimate of drug-likeness (QED) is 0.413. The Hall–Kier alpha value is -3.71. The summed E-state index contributed by atoms with van der Waals surface area (Å²) in [6.07, 6.45) is 0. The van der Waals surface area contributed by atoms with Crippen LogP contribution in [0.1, 0.15) is 39.9 Å². The molecule has 2 aliphatic rings. The van der Waals surface area contributed by atoms with Crippen LogP contribution >= 0.6 is 15.9 Å². The number of methoxy groups -OCH3 is 1. The molecule has 1 aliphatic carbocycles. The largest absolute Gasteiger partial charge is 0.488 e. The predicted octanol–water partition coefficient (Wildman–Crippen LogP) is 5.91. The fraction of sp³-hybridized carbons (Fsp3) is 0.143. The van der Waals surface area contributed by atoms with Crippen LogP contribution in [0.4, 0.5) is 4.39 Å². The Morgan fingerprint density at radius 3 is 2.51 bits per heavy atom. The monoisotopic (exact) mass is 533 g/mol. The Kier molecular flexibility index (Phi) is 6.03. The zero-order valence-electron chi connectivity index (χ0n) is 19.0. The van der Waals surface area contributed by atoms with Gasteiger partial charge in [-0.05, 0) is 31.2 Å². The minimum Gasteiger partial charge on any atom is -0.488 e. The number of allylic oxidation sites excluding steroid dienone is 2. The van der Waals surface area contributed by atoms with Crippen molar-refractivity contribution in [1.82, 2.24) is 5.32 Å². The predicted molar refractivity (Wildman–Crippen MR) is 133 cm³/mol. The first kappa shape index (κ1) is 23.1. The van der Waals surface area contributed by atoms with Gasteiger partial charge in [-0.1, -0.05) is 58.4 Å². The average Bonchev–Trinajstić information content (AvgIpc) is 3.14. The van der Waals surface area contributed by atoms with Gasteiger partial charge in [0.25, 0.3) is 0 Å². The van der Waals surface area contributed by atoms with Crippen molar-refractivity contribution in [3.63, 3.8) is 0 Å². The first-order valence-electron chi connectivity index (χ1n) is 11.0. The van der Waals surface area contributed by atoms with E-state index in [2.05, 4.69) is 21.2 Å². The van der Waals surface area contributed by atoms with Crippen LogP contribution in [0.25, 0.3) is 5.70 Å². The number of rotatable bonds is 5. The van der Waals surface area contributed by atoms with E-state index in [1.165, 1.54) is 13.2 Å². The molecular weight excluding hydrogens is 513 g/mol. The van der Waals surface area contributed by atoms with Crippen LogP contribution in [-0.4, -0.2) is 18.9 Å². The van der Waals surface area contributed by atoms with Crippen molar-refractivity contribution >= 4 is 33.4 Å². The van der Waals surface area contributed by atoms with Crippen molar-refractivity contribution in [3.05, 3.63) is 116 Å². The smallest absolute Gasteiger partial charge is 0.336 e. The van der Waals surface area contributed by atoms with Crippen LogP contribution in [0.2, 0.25) is 0 Å². The molecule has 5 rings (SSSR count). The summed E-state index contributed by atoms with van der Waals surface area (Å²) in [5.41, 5.74) is 4.38. The summed E-state index contributed by atoms with van der Waals surface area (Å²) < 4.78 is 26.2. The highest BCUT2D eigenvalue weighted by atomic mass is 79.9. The molecule has 1 aliphatic heterocycles. The van der Waals surface area contributed by atoms with E-state index in [1.807, 2.05) is 24.3 Å². The van der Waals surface area contributed by atoms with Crippen molar-refractivity contribution in [3.8, 4) is 5.75 Å². The standard InChI is InChI=1S/C28H21BrFNO4/c1-15-23(28(33)34-2)24(25-26(31-15)18-8-4-5-9-19(18)27(25)32)20-13-17(29)11-12-22(20)35-14-16-7-3-6-10-21(16)30/h3-13,24,31H,14H2,1-2H3/t24-/m1/s1. The van der Waals surface area contributed by atoms with Gasteiger partial charge in [0.15, 0.2) is 5.78 Å². The number of nitrogens with one attached hydrogen (secondary N) is 1. The number of fused-ring (bicyclic) bond motifs is 2. The lowest BCUT2D eigenvalue weighted by Crippen LogP contribution is -2.29. The van der Waals surface area contributed by atoms with E-state index in [9.17, 15) is 14.0 Å². The average molecular weight is 534 g/mol. The third-order valence-electron chi connectivity index (χ3n) is 6.28. The van der Waals surface area contributed by atoms with Crippen molar-refractivity contribution in [2.75, 3.05) is 7.11 Å². The normalized spacial score (nSPS) is 16.6. The molecular formula is C28H21BrFNO4. The zero-order chi connectivity index (χ0) is 24.7. The van der Waals surface area contributed by atoms with Gasteiger partial charge in [-0.25, -0.2) is 9.18 Å². The summed E-state index contributed by atoms with van der Waals surface area (Å²) in [6, 6.07) is 19.1. The highest BCUT2D eigenvalue weighted by Crippen LogP contribution is 2.49. The van der Waals surface area contributed by atoms with Gasteiger partial charge in [-0.2, -0.15) is 0 Å². The molecule has 0 saturated carbocycles. The first-order chi connectivity index (χ1) is 16.9.